The minimum absolute atomic E-state index is 0.698. The highest BCUT2D eigenvalue weighted by Gasteiger charge is 2.05. The molecule has 102 valence electrons. The topological polar surface area (TPSA) is 21.3 Å². The maximum atomic E-state index is 5.49. The third-order valence-corrected chi connectivity index (χ3v) is 5.91. The van der Waals surface area contributed by atoms with E-state index in [0.717, 1.165) is 26.2 Å². The van der Waals surface area contributed by atoms with Crippen molar-refractivity contribution >= 4 is 48.9 Å². The molecule has 5 heteroatoms. The molecule has 0 bridgehead atoms. The fraction of sp³-hybridized carbons (Fsp3) is 0.286. The Morgan fingerprint density at radius 3 is 2.63 bits per heavy atom. The second kappa shape index (κ2) is 6.77. The van der Waals surface area contributed by atoms with Crippen LogP contribution in [0, 0.1) is 6.92 Å². The molecule has 0 fully saturated rings. The molecule has 0 aliphatic carbocycles. The third kappa shape index (κ3) is 3.97. The standard InChI is InChI=1S/C14H15Br2NOS/c1-3-18-10-4-5-13(9(2)6-10)17-8-11-7-12(15)14(16)19-11/h4-7,17H,3,8H2,1-2H3. The van der Waals surface area contributed by atoms with Crippen LogP contribution < -0.4 is 10.1 Å². The van der Waals surface area contributed by atoms with Crippen molar-refractivity contribution in [1.82, 2.24) is 0 Å². The second-order valence-electron chi connectivity index (χ2n) is 4.10. The number of anilines is 1. The Hall–Kier alpha value is -0.520. The van der Waals surface area contributed by atoms with Crippen LogP contribution in [-0.4, -0.2) is 6.61 Å². The first-order chi connectivity index (χ1) is 9.10. The minimum atomic E-state index is 0.698. The number of thiophene rings is 1. The van der Waals surface area contributed by atoms with Crippen LogP contribution >= 0.6 is 43.2 Å². The Labute approximate surface area is 134 Å². The molecular formula is C14H15Br2NOS. The summed E-state index contributed by atoms with van der Waals surface area (Å²) in [6.07, 6.45) is 0. The normalized spacial score (nSPS) is 10.5. The number of benzene rings is 1. The lowest BCUT2D eigenvalue weighted by Gasteiger charge is -2.10. The van der Waals surface area contributed by atoms with E-state index in [2.05, 4.69) is 62.3 Å². The number of nitrogens with one attached hydrogen (secondary N) is 1. The van der Waals surface area contributed by atoms with Gasteiger partial charge in [-0.3, -0.25) is 0 Å². The summed E-state index contributed by atoms with van der Waals surface area (Å²) in [6.45, 7) is 5.60. The van der Waals surface area contributed by atoms with E-state index >= 15 is 0 Å². The number of rotatable bonds is 5. The SMILES string of the molecule is CCOc1ccc(NCc2cc(Br)c(Br)s2)c(C)c1. The summed E-state index contributed by atoms with van der Waals surface area (Å²) in [4.78, 5) is 1.28. The molecule has 2 nitrogen and oxygen atoms in total. The zero-order valence-electron chi connectivity index (χ0n) is 10.8. The largest absolute Gasteiger partial charge is 0.494 e. The van der Waals surface area contributed by atoms with Crippen molar-refractivity contribution in [2.24, 2.45) is 0 Å². The number of hydrogen-bond donors (Lipinski definition) is 1. The lowest BCUT2D eigenvalue weighted by atomic mass is 10.2. The van der Waals surface area contributed by atoms with Gasteiger partial charge >= 0.3 is 0 Å². The zero-order valence-corrected chi connectivity index (χ0v) is 14.8. The maximum absolute atomic E-state index is 5.49. The van der Waals surface area contributed by atoms with Crippen molar-refractivity contribution in [3.05, 3.63) is 43.0 Å². The molecule has 0 aliphatic heterocycles. The first-order valence-corrected chi connectivity index (χ1v) is 8.41. The van der Waals surface area contributed by atoms with Crippen molar-refractivity contribution in [1.29, 1.82) is 0 Å². The van der Waals surface area contributed by atoms with Crippen LogP contribution in [0.2, 0.25) is 0 Å². The average Bonchev–Trinajstić information content (AvgIpc) is 2.68. The first-order valence-electron chi connectivity index (χ1n) is 6.01. The lowest BCUT2D eigenvalue weighted by molar-refractivity contribution is 0.340. The third-order valence-electron chi connectivity index (χ3n) is 2.66. The molecule has 0 unspecified atom stereocenters. The Kier molecular flexibility index (Phi) is 5.30. The van der Waals surface area contributed by atoms with Crippen molar-refractivity contribution in [2.75, 3.05) is 11.9 Å². The molecule has 0 atom stereocenters. The molecule has 0 spiro atoms. The van der Waals surface area contributed by atoms with E-state index < -0.39 is 0 Å². The highest BCUT2D eigenvalue weighted by molar-refractivity contribution is 9.13. The van der Waals surface area contributed by atoms with Gasteiger partial charge in [0.1, 0.15) is 5.75 Å². The number of hydrogen-bond acceptors (Lipinski definition) is 3. The van der Waals surface area contributed by atoms with E-state index in [1.165, 1.54) is 10.4 Å². The smallest absolute Gasteiger partial charge is 0.119 e. The van der Waals surface area contributed by atoms with Crippen molar-refractivity contribution in [2.45, 2.75) is 20.4 Å². The van der Waals surface area contributed by atoms with Gasteiger partial charge in [-0.15, -0.1) is 11.3 Å². The van der Waals surface area contributed by atoms with Crippen LogP contribution in [0.5, 0.6) is 5.75 Å². The summed E-state index contributed by atoms with van der Waals surface area (Å²) >= 11 is 8.75. The summed E-state index contributed by atoms with van der Waals surface area (Å²) in [6, 6.07) is 8.26. The Balaban J connectivity index is 2.03. The van der Waals surface area contributed by atoms with Crippen LogP contribution in [0.1, 0.15) is 17.4 Å². The van der Waals surface area contributed by atoms with E-state index in [9.17, 15) is 0 Å². The number of aryl methyl sites for hydroxylation is 1. The van der Waals surface area contributed by atoms with E-state index in [0.29, 0.717) is 6.61 Å². The molecule has 0 amide bonds. The van der Waals surface area contributed by atoms with Gasteiger partial charge in [-0.25, -0.2) is 0 Å². The highest BCUT2D eigenvalue weighted by atomic mass is 79.9. The van der Waals surface area contributed by atoms with Crippen molar-refractivity contribution in [3.8, 4) is 5.75 Å². The van der Waals surface area contributed by atoms with Crippen LogP contribution in [0.15, 0.2) is 32.5 Å². The zero-order chi connectivity index (χ0) is 13.8. The molecule has 0 saturated carbocycles. The van der Waals surface area contributed by atoms with Crippen LogP contribution in [-0.2, 0) is 6.54 Å². The first kappa shape index (κ1) is 14.9. The van der Waals surface area contributed by atoms with Crippen LogP contribution in [0.25, 0.3) is 0 Å². The Bertz CT molecular complexity index is 549. The van der Waals surface area contributed by atoms with Crippen LogP contribution in [0.3, 0.4) is 0 Å². The quantitative estimate of drug-likeness (QED) is 0.700. The van der Waals surface area contributed by atoms with E-state index in [4.69, 9.17) is 4.74 Å². The van der Waals surface area contributed by atoms with Gasteiger partial charge in [-0.1, -0.05) is 0 Å². The van der Waals surface area contributed by atoms with Crippen molar-refractivity contribution in [3.63, 3.8) is 0 Å². The molecule has 1 aromatic carbocycles. The van der Waals surface area contributed by atoms with Crippen LogP contribution in [0.4, 0.5) is 5.69 Å². The molecule has 1 aromatic heterocycles. The molecule has 1 N–H and O–H groups in total. The van der Waals surface area contributed by atoms with E-state index in [-0.39, 0.29) is 0 Å². The molecule has 0 radical (unpaired) electrons. The summed E-state index contributed by atoms with van der Waals surface area (Å²) in [7, 11) is 0. The lowest BCUT2D eigenvalue weighted by Crippen LogP contribution is -2.00. The molecule has 2 aromatic rings. The van der Waals surface area contributed by atoms with Gasteiger partial charge in [-0.2, -0.15) is 0 Å². The van der Waals surface area contributed by atoms with E-state index in [1.807, 2.05) is 13.0 Å². The Morgan fingerprint density at radius 2 is 2.05 bits per heavy atom. The maximum Gasteiger partial charge on any atom is 0.119 e. The second-order valence-corrected chi connectivity index (χ2v) is 7.41. The van der Waals surface area contributed by atoms with E-state index in [1.54, 1.807) is 11.3 Å². The molecule has 2 rings (SSSR count). The number of ether oxygens (including phenoxy) is 1. The predicted octanol–water partition coefficient (Wildman–Crippen LogP) is 5.59. The summed E-state index contributed by atoms with van der Waals surface area (Å²) in [5, 5.41) is 3.45. The minimum Gasteiger partial charge on any atom is -0.494 e. The number of halogens is 2. The molecule has 19 heavy (non-hydrogen) atoms. The monoisotopic (exact) mass is 403 g/mol. The van der Waals surface area contributed by atoms with Gasteiger partial charge in [0.15, 0.2) is 0 Å². The highest BCUT2D eigenvalue weighted by Crippen LogP contribution is 2.33. The fourth-order valence-electron chi connectivity index (χ4n) is 1.75. The van der Waals surface area contributed by atoms with Crippen molar-refractivity contribution < 1.29 is 4.74 Å². The van der Waals surface area contributed by atoms with Gasteiger partial charge in [0.05, 0.1) is 10.4 Å². The summed E-state index contributed by atoms with van der Waals surface area (Å²) in [5.74, 6) is 0.923. The van der Waals surface area contributed by atoms with Gasteiger partial charge in [-0.05, 0) is 75.5 Å². The summed E-state index contributed by atoms with van der Waals surface area (Å²) in [5.41, 5.74) is 2.34. The predicted molar refractivity (Wildman–Crippen MR) is 89.4 cm³/mol. The van der Waals surface area contributed by atoms with Gasteiger partial charge in [0.25, 0.3) is 0 Å². The Morgan fingerprint density at radius 1 is 1.26 bits per heavy atom. The molecular weight excluding hydrogens is 390 g/mol. The fourth-order valence-corrected chi connectivity index (χ4v) is 3.87. The molecule has 0 saturated heterocycles. The van der Waals surface area contributed by atoms with Gasteiger partial charge in [0.2, 0.25) is 0 Å². The van der Waals surface area contributed by atoms with Gasteiger partial charge < -0.3 is 10.1 Å². The molecule has 1 heterocycles. The molecule has 0 aliphatic rings. The van der Waals surface area contributed by atoms with Gasteiger partial charge in [0, 0.05) is 21.6 Å². The summed E-state index contributed by atoms with van der Waals surface area (Å²) < 4.78 is 7.73. The average molecular weight is 405 g/mol.